The summed E-state index contributed by atoms with van der Waals surface area (Å²) in [5.74, 6) is 0. The molecule has 0 aliphatic carbocycles. The predicted octanol–water partition coefficient (Wildman–Crippen LogP) is 4.45. The first-order valence-corrected chi connectivity index (χ1v) is 8.66. The van der Waals surface area contributed by atoms with Crippen LogP contribution in [0.3, 0.4) is 0 Å². The molecular weight excluding hydrogens is 340 g/mol. The molecule has 0 saturated heterocycles. The highest BCUT2D eigenvalue weighted by molar-refractivity contribution is 7.17. The first-order valence-electron chi connectivity index (χ1n) is 7.40. The molecular formula is C18H13ClN4S. The van der Waals surface area contributed by atoms with Crippen LogP contribution in [0.15, 0.2) is 60.1 Å². The van der Waals surface area contributed by atoms with E-state index in [0.717, 1.165) is 27.0 Å². The maximum absolute atomic E-state index is 6.45. The summed E-state index contributed by atoms with van der Waals surface area (Å²) in [5.41, 5.74) is 10.1. The number of hydrogen-bond acceptors (Lipinski definition) is 5. The van der Waals surface area contributed by atoms with E-state index in [1.165, 1.54) is 11.3 Å². The number of nitrogens with two attached hydrogens (primary N) is 1. The lowest BCUT2D eigenvalue weighted by atomic mass is 10.0. The Morgan fingerprint density at radius 3 is 2.54 bits per heavy atom. The summed E-state index contributed by atoms with van der Waals surface area (Å²) in [5, 5.41) is 3.21. The molecule has 1 unspecified atom stereocenters. The van der Waals surface area contributed by atoms with Gasteiger partial charge >= 0.3 is 0 Å². The number of nitrogens with zero attached hydrogens (tertiary/aromatic N) is 3. The van der Waals surface area contributed by atoms with Crippen LogP contribution in [0.5, 0.6) is 0 Å². The van der Waals surface area contributed by atoms with Gasteiger partial charge in [-0.15, -0.1) is 11.3 Å². The lowest BCUT2D eigenvalue weighted by molar-refractivity contribution is 0.800. The van der Waals surface area contributed by atoms with E-state index in [-0.39, 0.29) is 5.28 Å². The molecule has 0 bridgehead atoms. The van der Waals surface area contributed by atoms with E-state index in [0.29, 0.717) is 5.69 Å². The number of hydrogen-bond donors (Lipinski definition) is 1. The first kappa shape index (κ1) is 15.2. The van der Waals surface area contributed by atoms with Crippen LogP contribution in [-0.4, -0.2) is 15.0 Å². The molecule has 4 nitrogen and oxygen atoms in total. The Kier molecular flexibility index (Phi) is 3.98. The van der Waals surface area contributed by atoms with Gasteiger partial charge in [-0.2, -0.15) is 0 Å². The fourth-order valence-electron chi connectivity index (χ4n) is 2.70. The molecule has 1 aromatic carbocycles. The average molecular weight is 353 g/mol. The number of fused-ring (bicyclic) bond motifs is 1. The minimum absolute atomic E-state index is 0.199. The summed E-state index contributed by atoms with van der Waals surface area (Å²) < 4.78 is 0. The van der Waals surface area contributed by atoms with Crippen molar-refractivity contribution in [3.8, 4) is 11.1 Å². The molecule has 24 heavy (non-hydrogen) atoms. The van der Waals surface area contributed by atoms with Gasteiger partial charge in [-0.3, -0.25) is 4.98 Å². The third-order valence-electron chi connectivity index (χ3n) is 3.82. The predicted molar refractivity (Wildman–Crippen MR) is 98.1 cm³/mol. The zero-order chi connectivity index (χ0) is 16.5. The minimum Gasteiger partial charge on any atom is -0.318 e. The number of halogens is 1. The average Bonchev–Trinajstić information content (AvgIpc) is 3.05. The highest BCUT2D eigenvalue weighted by Crippen LogP contribution is 2.37. The molecule has 2 N–H and O–H groups in total. The van der Waals surface area contributed by atoms with E-state index in [1.807, 2.05) is 36.4 Å². The van der Waals surface area contributed by atoms with Crippen LogP contribution in [0, 0.1) is 0 Å². The number of aromatic nitrogens is 3. The molecule has 6 heteroatoms. The van der Waals surface area contributed by atoms with Gasteiger partial charge in [-0.1, -0.05) is 36.4 Å². The Labute approximate surface area is 148 Å². The van der Waals surface area contributed by atoms with Crippen LogP contribution in [0.25, 0.3) is 21.3 Å². The lowest BCUT2D eigenvalue weighted by Crippen LogP contribution is -2.16. The number of pyridine rings is 1. The summed E-state index contributed by atoms with van der Waals surface area (Å²) in [6.07, 6.45) is 1.72. The highest BCUT2D eigenvalue weighted by atomic mass is 35.5. The van der Waals surface area contributed by atoms with Crippen LogP contribution in [0.4, 0.5) is 0 Å². The molecule has 3 aromatic heterocycles. The second kappa shape index (κ2) is 6.28. The van der Waals surface area contributed by atoms with E-state index < -0.39 is 6.04 Å². The summed E-state index contributed by atoms with van der Waals surface area (Å²) in [7, 11) is 0. The van der Waals surface area contributed by atoms with Crippen molar-refractivity contribution in [3.63, 3.8) is 0 Å². The summed E-state index contributed by atoms with van der Waals surface area (Å²) in [6.45, 7) is 0. The molecule has 0 fully saturated rings. The van der Waals surface area contributed by atoms with Crippen LogP contribution in [0.2, 0.25) is 5.28 Å². The van der Waals surface area contributed by atoms with E-state index in [1.54, 1.807) is 6.20 Å². The number of rotatable bonds is 3. The molecule has 0 saturated carbocycles. The zero-order valence-electron chi connectivity index (χ0n) is 12.6. The van der Waals surface area contributed by atoms with Gasteiger partial charge in [0.05, 0.1) is 17.4 Å². The smallest absolute Gasteiger partial charge is 0.224 e. The number of thiophene rings is 1. The van der Waals surface area contributed by atoms with Crippen molar-refractivity contribution < 1.29 is 0 Å². The van der Waals surface area contributed by atoms with Gasteiger partial charge in [0.2, 0.25) is 5.28 Å². The third-order valence-corrected chi connectivity index (χ3v) is 4.86. The van der Waals surface area contributed by atoms with Gasteiger partial charge in [0, 0.05) is 22.5 Å². The molecule has 0 radical (unpaired) electrons. The zero-order valence-corrected chi connectivity index (χ0v) is 14.1. The monoisotopic (exact) mass is 352 g/mol. The van der Waals surface area contributed by atoms with Crippen molar-refractivity contribution in [1.82, 2.24) is 15.0 Å². The van der Waals surface area contributed by atoms with Crippen molar-refractivity contribution in [2.45, 2.75) is 6.04 Å². The van der Waals surface area contributed by atoms with Crippen LogP contribution in [-0.2, 0) is 0 Å². The molecule has 118 valence electrons. The lowest BCUT2D eigenvalue weighted by Gasteiger charge is -2.13. The van der Waals surface area contributed by atoms with Crippen molar-refractivity contribution in [2.24, 2.45) is 5.73 Å². The molecule has 0 amide bonds. The molecule has 4 aromatic rings. The second-order valence-electron chi connectivity index (χ2n) is 5.31. The fraction of sp³-hybridized carbons (Fsp3) is 0.0556. The van der Waals surface area contributed by atoms with Crippen molar-refractivity contribution in [3.05, 3.63) is 76.8 Å². The van der Waals surface area contributed by atoms with Gasteiger partial charge in [0.1, 0.15) is 4.83 Å². The maximum atomic E-state index is 6.45. The van der Waals surface area contributed by atoms with Crippen molar-refractivity contribution in [2.75, 3.05) is 0 Å². The quantitative estimate of drug-likeness (QED) is 0.553. The van der Waals surface area contributed by atoms with Gasteiger partial charge in [-0.25, -0.2) is 9.97 Å². The van der Waals surface area contributed by atoms with Gasteiger partial charge < -0.3 is 5.73 Å². The Balaban J connectivity index is 1.96. The highest BCUT2D eigenvalue weighted by Gasteiger charge is 2.21. The van der Waals surface area contributed by atoms with E-state index >= 15 is 0 Å². The fourth-order valence-corrected chi connectivity index (χ4v) is 3.88. The number of benzene rings is 1. The van der Waals surface area contributed by atoms with E-state index in [2.05, 4.69) is 32.5 Å². The van der Waals surface area contributed by atoms with Gasteiger partial charge in [-0.05, 0) is 29.3 Å². The minimum atomic E-state index is -0.466. The summed E-state index contributed by atoms with van der Waals surface area (Å²) >= 11 is 7.66. The van der Waals surface area contributed by atoms with E-state index in [4.69, 9.17) is 17.3 Å². The van der Waals surface area contributed by atoms with Crippen LogP contribution >= 0.6 is 22.9 Å². The van der Waals surface area contributed by atoms with Crippen molar-refractivity contribution in [1.29, 1.82) is 0 Å². The summed E-state index contributed by atoms with van der Waals surface area (Å²) in [4.78, 5) is 14.0. The normalized spacial score (nSPS) is 12.4. The Morgan fingerprint density at radius 2 is 1.79 bits per heavy atom. The summed E-state index contributed by atoms with van der Waals surface area (Å²) in [6, 6.07) is 15.3. The molecule has 0 aliphatic rings. The Bertz CT molecular complexity index is 986. The topological polar surface area (TPSA) is 64.7 Å². The molecule has 3 heterocycles. The van der Waals surface area contributed by atoms with Gasteiger partial charge in [0.15, 0.2) is 0 Å². The molecule has 0 aliphatic heterocycles. The molecule has 4 rings (SSSR count). The Hall–Kier alpha value is -2.34. The van der Waals surface area contributed by atoms with Crippen LogP contribution < -0.4 is 5.73 Å². The van der Waals surface area contributed by atoms with Gasteiger partial charge in [0.25, 0.3) is 0 Å². The molecule has 1 atom stereocenters. The van der Waals surface area contributed by atoms with Crippen molar-refractivity contribution >= 4 is 33.2 Å². The first-order chi connectivity index (χ1) is 11.7. The SMILES string of the molecule is NC(c1ccccn1)c1nc(Cl)nc2scc(-c3ccccc3)c12. The van der Waals surface area contributed by atoms with Crippen LogP contribution in [0.1, 0.15) is 17.4 Å². The standard InChI is InChI=1S/C18H13ClN4S/c19-18-22-16(15(20)13-8-4-5-9-21-13)14-12(10-24-17(14)23-18)11-6-2-1-3-7-11/h1-10,15H,20H2. The molecule has 0 spiro atoms. The Morgan fingerprint density at radius 1 is 1.00 bits per heavy atom. The van der Waals surface area contributed by atoms with E-state index in [9.17, 15) is 0 Å². The largest absolute Gasteiger partial charge is 0.318 e. The second-order valence-corrected chi connectivity index (χ2v) is 6.50. The third kappa shape index (κ3) is 2.67. The maximum Gasteiger partial charge on any atom is 0.224 e.